The standard InChI is InChI=1S/C5H10ClNO4S/c1-5(2,7(6)4-8)3-12(9,10)11/h4H,3H2,1-2H3,(H,9,10,11). The maximum atomic E-state index is 10.4. The summed E-state index contributed by atoms with van der Waals surface area (Å²) in [5.74, 6) is -0.595. The van der Waals surface area contributed by atoms with Crippen LogP contribution in [-0.2, 0) is 14.9 Å². The van der Waals surface area contributed by atoms with E-state index in [2.05, 4.69) is 0 Å². The monoisotopic (exact) mass is 215 g/mol. The van der Waals surface area contributed by atoms with E-state index in [4.69, 9.17) is 16.3 Å². The molecule has 0 aliphatic heterocycles. The highest BCUT2D eigenvalue weighted by molar-refractivity contribution is 7.85. The molecule has 0 aromatic carbocycles. The molecule has 0 atom stereocenters. The molecular weight excluding hydrogens is 206 g/mol. The van der Waals surface area contributed by atoms with Crippen molar-refractivity contribution in [2.45, 2.75) is 19.4 Å². The molecule has 1 N–H and O–H groups in total. The molecule has 72 valence electrons. The number of halogens is 1. The summed E-state index contributed by atoms with van der Waals surface area (Å²) < 4.78 is 30.0. The Bertz CT molecular complexity index is 261. The Morgan fingerprint density at radius 2 is 2.00 bits per heavy atom. The lowest BCUT2D eigenvalue weighted by atomic mass is 10.1. The molecule has 0 heterocycles. The van der Waals surface area contributed by atoms with Gasteiger partial charge in [0.2, 0.25) is 6.41 Å². The maximum Gasteiger partial charge on any atom is 0.267 e. The zero-order chi connectivity index (χ0) is 9.99. The van der Waals surface area contributed by atoms with Gasteiger partial charge in [0.05, 0.1) is 11.3 Å². The van der Waals surface area contributed by atoms with Crippen LogP contribution in [0.15, 0.2) is 0 Å². The number of nitrogens with zero attached hydrogens (tertiary/aromatic N) is 1. The van der Waals surface area contributed by atoms with Gasteiger partial charge in [0, 0.05) is 11.8 Å². The molecule has 0 aliphatic rings. The van der Waals surface area contributed by atoms with Crippen LogP contribution >= 0.6 is 11.8 Å². The molecule has 12 heavy (non-hydrogen) atoms. The lowest BCUT2D eigenvalue weighted by Crippen LogP contribution is -2.42. The van der Waals surface area contributed by atoms with Gasteiger partial charge in [-0.15, -0.1) is 0 Å². The second-order valence-electron chi connectivity index (χ2n) is 2.96. The van der Waals surface area contributed by atoms with Crippen LogP contribution in [0.3, 0.4) is 0 Å². The zero-order valence-electron chi connectivity index (χ0n) is 6.69. The Balaban J connectivity index is 4.53. The topological polar surface area (TPSA) is 74.7 Å². The van der Waals surface area contributed by atoms with E-state index >= 15 is 0 Å². The third kappa shape index (κ3) is 3.89. The SMILES string of the molecule is CC(C)(CS(=O)(=O)O)N(Cl)C=O. The Morgan fingerprint density at radius 1 is 1.58 bits per heavy atom. The fourth-order valence-electron chi connectivity index (χ4n) is 0.651. The normalized spacial score (nSPS) is 12.7. The van der Waals surface area contributed by atoms with Gasteiger partial charge >= 0.3 is 0 Å². The second kappa shape index (κ2) is 3.59. The van der Waals surface area contributed by atoms with Crippen molar-refractivity contribution in [3.05, 3.63) is 0 Å². The minimum absolute atomic E-state index is 0.284. The first kappa shape index (κ1) is 11.7. The predicted molar refractivity (Wildman–Crippen MR) is 44.3 cm³/mol. The van der Waals surface area contributed by atoms with E-state index in [1.807, 2.05) is 0 Å². The van der Waals surface area contributed by atoms with Crippen molar-refractivity contribution in [3.8, 4) is 0 Å². The number of amides is 1. The summed E-state index contributed by atoms with van der Waals surface area (Å²) in [7, 11) is -4.12. The van der Waals surface area contributed by atoms with Crippen molar-refractivity contribution < 1.29 is 17.8 Å². The second-order valence-corrected chi connectivity index (χ2v) is 4.77. The Morgan fingerprint density at radius 3 is 2.25 bits per heavy atom. The molecular formula is C5H10ClNO4S. The van der Waals surface area contributed by atoms with Crippen LogP contribution in [-0.4, -0.2) is 35.1 Å². The van der Waals surface area contributed by atoms with E-state index in [-0.39, 0.29) is 6.41 Å². The number of hydrogen-bond donors (Lipinski definition) is 1. The Kier molecular flexibility index (Phi) is 3.49. The van der Waals surface area contributed by atoms with Gasteiger partial charge in [0.15, 0.2) is 0 Å². The Hall–Kier alpha value is -0.330. The van der Waals surface area contributed by atoms with Crippen LogP contribution in [0.4, 0.5) is 0 Å². The number of rotatable bonds is 4. The molecule has 0 aromatic rings. The number of carbonyl (C=O) groups is 1. The number of carbonyl (C=O) groups excluding carboxylic acids is 1. The van der Waals surface area contributed by atoms with Crippen LogP contribution < -0.4 is 0 Å². The molecule has 0 unspecified atom stereocenters. The molecule has 0 saturated carbocycles. The van der Waals surface area contributed by atoms with Crippen LogP contribution in [0.2, 0.25) is 0 Å². The maximum absolute atomic E-state index is 10.4. The third-order valence-corrected chi connectivity index (χ3v) is 2.81. The first-order valence-corrected chi connectivity index (χ1v) is 4.99. The summed E-state index contributed by atoms with van der Waals surface area (Å²) in [4.78, 5) is 10.2. The molecule has 0 aliphatic carbocycles. The van der Waals surface area contributed by atoms with Crippen molar-refractivity contribution in [1.82, 2.24) is 4.42 Å². The summed E-state index contributed by atoms with van der Waals surface area (Å²) >= 11 is 5.35. The van der Waals surface area contributed by atoms with Crippen LogP contribution in [0.5, 0.6) is 0 Å². The fraction of sp³-hybridized carbons (Fsp3) is 0.800. The summed E-state index contributed by atoms with van der Waals surface area (Å²) in [5.41, 5.74) is -1.11. The molecule has 7 heteroatoms. The third-order valence-electron chi connectivity index (χ3n) is 1.21. The molecule has 0 bridgehead atoms. The van der Waals surface area contributed by atoms with Crippen LogP contribution in [0.1, 0.15) is 13.8 Å². The molecule has 0 aromatic heterocycles. The van der Waals surface area contributed by atoms with Gasteiger partial charge in [-0.2, -0.15) is 8.42 Å². The highest BCUT2D eigenvalue weighted by Crippen LogP contribution is 2.16. The van der Waals surface area contributed by atoms with E-state index in [1.54, 1.807) is 0 Å². The van der Waals surface area contributed by atoms with Crippen molar-refractivity contribution >= 4 is 28.3 Å². The highest BCUT2D eigenvalue weighted by atomic mass is 35.5. The van der Waals surface area contributed by atoms with Gasteiger partial charge < -0.3 is 0 Å². The first-order valence-electron chi connectivity index (χ1n) is 3.04. The van der Waals surface area contributed by atoms with E-state index in [1.165, 1.54) is 13.8 Å². The summed E-state index contributed by atoms with van der Waals surface area (Å²) in [6.45, 7) is 2.84. The predicted octanol–water partition coefficient (Wildman–Crippen LogP) is 0.265. The van der Waals surface area contributed by atoms with E-state index < -0.39 is 21.4 Å². The van der Waals surface area contributed by atoms with Crippen molar-refractivity contribution in [1.29, 1.82) is 0 Å². The quantitative estimate of drug-likeness (QED) is 0.415. The van der Waals surface area contributed by atoms with Gasteiger partial charge in [-0.1, -0.05) is 0 Å². The molecule has 0 radical (unpaired) electrons. The molecule has 0 saturated heterocycles. The van der Waals surface area contributed by atoms with Crippen molar-refractivity contribution in [3.63, 3.8) is 0 Å². The molecule has 0 fully saturated rings. The van der Waals surface area contributed by atoms with Gasteiger partial charge in [-0.05, 0) is 13.8 Å². The van der Waals surface area contributed by atoms with Crippen LogP contribution in [0, 0.1) is 0 Å². The largest absolute Gasteiger partial charge is 0.285 e. The van der Waals surface area contributed by atoms with E-state index in [0.717, 1.165) is 0 Å². The summed E-state index contributed by atoms with van der Waals surface area (Å²) in [6.07, 6.45) is 0.284. The number of hydrogen-bond acceptors (Lipinski definition) is 3. The summed E-state index contributed by atoms with van der Waals surface area (Å²) in [6, 6.07) is 0. The zero-order valence-corrected chi connectivity index (χ0v) is 8.26. The molecule has 1 amide bonds. The first-order chi connectivity index (χ1) is 5.19. The van der Waals surface area contributed by atoms with Gasteiger partial charge in [-0.25, -0.2) is 0 Å². The average molecular weight is 216 g/mol. The Labute approximate surface area is 76.2 Å². The van der Waals surface area contributed by atoms with E-state index in [9.17, 15) is 13.2 Å². The smallest absolute Gasteiger partial charge is 0.267 e. The lowest BCUT2D eigenvalue weighted by molar-refractivity contribution is -0.116. The highest BCUT2D eigenvalue weighted by Gasteiger charge is 2.30. The molecule has 0 rings (SSSR count). The van der Waals surface area contributed by atoms with Gasteiger partial charge in [-0.3, -0.25) is 13.8 Å². The molecule has 5 nitrogen and oxygen atoms in total. The minimum atomic E-state index is -4.12. The van der Waals surface area contributed by atoms with Gasteiger partial charge in [0.1, 0.15) is 0 Å². The molecule has 0 spiro atoms. The lowest BCUT2D eigenvalue weighted by Gasteiger charge is -2.27. The van der Waals surface area contributed by atoms with Crippen LogP contribution in [0.25, 0.3) is 0 Å². The van der Waals surface area contributed by atoms with E-state index in [0.29, 0.717) is 4.42 Å². The van der Waals surface area contributed by atoms with Crippen molar-refractivity contribution in [2.24, 2.45) is 0 Å². The summed E-state index contributed by atoms with van der Waals surface area (Å²) in [5, 5.41) is 0. The fourth-order valence-corrected chi connectivity index (χ4v) is 1.81. The minimum Gasteiger partial charge on any atom is -0.285 e. The average Bonchev–Trinajstić information content (AvgIpc) is 1.80. The van der Waals surface area contributed by atoms with Crippen molar-refractivity contribution in [2.75, 3.05) is 5.75 Å². The van der Waals surface area contributed by atoms with Gasteiger partial charge in [0.25, 0.3) is 10.1 Å².